The lowest BCUT2D eigenvalue weighted by molar-refractivity contribution is 0.478. The number of aromatic nitrogens is 3. The molecule has 0 spiro atoms. The first kappa shape index (κ1) is 15.5. The van der Waals surface area contributed by atoms with Crippen LogP contribution in [0.5, 0.6) is 0 Å². The number of hydrogen-bond acceptors (Lipinski definition) is 3. The first-order valence-corrected chi connectivity index (χ1v) is 8.49. The Morgan fingerprint density at radius 1 is 1.22 bits per heavy atom. The summed E-state index contributed by atoms with van der Waals surface area (Å²) in [5.74, 6) is 2.03. The molecule has 0 saturated carbocycles. The van der Waals surface area contributed by atoms with Crippen molar-refractivity contribution in [3.8, 4) is 0 Å². The van der Waals surface area contributed by atoms with Crippen LogP contribution in [0.2, 0.25) is 0 Å². The van der Waals surface area contributed by atoms with Gasteiger partial charge in [-0.2, -0.15) is 11.8 Å². The highest BCUT2D eigenvalue weighted by Crippen LogP contribution is 2.08. The van der Waals surface area contributed by atoms with Crippen molar-refractivity contribution < 1.29 is 0 Å². The lowest BCUT2D eigenvalue weighted by atomic mass is 10.1. The zero-order valence-electron chi connectivity index (χ0n) is 12.1. The van der Waals surface area contributed by atoms with E-state index < -0.39 is 0 Å². The molecule has 1 rings (SSSR count). The average Bonchev–Trinajstić information content (AvgIpc) is 2.79. The molecule has 0 bridgehead atoms. The number of unbranched alkanes of at least 4 members (excludes halogenated alkanes) is 3. The average molecular weight is 269 g/mol. The summed E-state index contributed by atoms with van der Waals surface area (Å²) in [5, 5.41) is 8.42. The van der Waals surface area contributed by atoms with Crippen LogP contribution in [0.25, 0.3) is 0 Å². The Morgan fingerprint density at radius 3 is 2.72 bits per heavy atom. The zero-order valence-corrected chi connectivity index (χ0v) is 12.9. The monoisotopic (exact) mass is 269 g/mol. The first-order valence-electron chi connectivity index (χ1n) is 7.10. The fourth-order valence-electron chi connectivity index (χ4n) is 1.86. The molecule has 3 nitrogen and oxygen atoms in total. The summed E-state index contributed by atoms with van der Waals surface area (Å²) < 4.78 is 1.99. The van der Waals surface area contributed by atoms with Gasteiger partial charge in [0.05, 0.1) is 5.69 Å². The molecule has 0 aliphatic carbocycles. The second-order valence-electron chi connectivity index (χ2n) is 5.31. The molecule has 104 valence electrons. The smallest absolute Gasteiger partial charge is 0.0827 e. The Labute approximate surface area is 116 Å². The highest BCUT2D eigenvalue weighted by atomic mass is 32.2. The molecular weight excluding hydrogens is 242 g/mol. The predicted molar refractivity (Wildman–Crippen MR) is 80.0 cm³/mol. The summed E-state index contributed by atoms with van der Waals surface area (Å²) in [6.45, 7) is 5.48. The van der Waals surface area contributed by atoms with E-state index in [1.807, 2.05) is 16.4 Å². The molecule has 4 heteroatoms. The van der Waals surface area contributed by atoms with Gasteiger partial charge in [-0.1, -0.05) is 31.9 Å². The lowest BCUT2D eigenvalue weighted by Gasteiger charge is -2.02. The minimum absolute atomic E-state index is 0.731. The second kappa shape index (κ2) is 9.42. The van der Waals surface area contributed by atoms with Gasteiger partial charge < -0.3 is 0 Å². The van der Waals surface area contributed by atoms with E-state index in [0.29, 0.717) is 0 Å². The molecule has 0 fully saturated rings. The van der Waals surface area contributed by atoms with Gasteiger partial charge >= 0.3 is 0 Å². The molecule has 0 aromatic carbocycles. The second-order valence-corrected chi connectivity index (χ2v) is 6.30. The number of nitrogens with zero attached hydrogens (tertiary/aromatic N) is 3. The van der Waals surface area contributed by atoms with Gasteiger partial charge in [0.2, 0.25) is 0 Å². The van der Waals surface area contributed by atoms with Crippen molar-refractivity contribution in [1.82, 2.24) is 15.0 Å². The molecule has 0 aliphatic rings. The Balaban J connectivity index is 2.11. The van der Waals surface area contributed by atoms with Crippen molar-refractivity contribution in [3.63, 3.8) is 0 Å². The van der Waals surface area contributed by atoms with Gasteiger partial charge in [-0.15, -0.1) is 5.10 Å². The maximum Gasteiger partial charge on any atom is 0.0827 e. The Kier molecular flexibility index (Phi) is 8.14. The van der Waals surface area contributed by atoms with Crippen molar-refractivity contribution in [2.75, 3.05) is 12.0 Å². The summed E-state index contributed by atoms with van der Waals surface area (Å²) in [4.78, 5) is 0. The van der Waals surface area contributed by atoms with Crippen LogP contribution in [0.1, 0.15) is 51.6 Å². The molecule has 1 heterocycles. The third-order valence-electron chi connectivity index (χ3n) is 3.05. The fourth-order valence-corrected chi connectivity index (χ4v) is 2.35. The molecule has 1 aromatic heterocycles. The highest BCUT2D eigenvalue weighted by Gasteiger charge is 2.01. The third kappa shape index (κ3) is 7.04. The third-order valence-corrected chi connectivity index (χ3v) is 3.75. The summed E-state index contributed by atoms with van der Waals surface area (Å²) >= 11 is 1.94. The number of hydrogen-bond donors (Lipinski definition) is 0. The fraction of sp³-hybridized carbons (Fsp3) is 0.857. The maximum absolute atomic E-state index is 4.24. The normalized spacial score (nSPS) is 11.3. The molecule has 0 aliphatic heterocycles. The van der Waals surface area contributed by atoms with Crippen LogP contribution < -0.4 is 0 Å². The molecule has 0 N–H and O–H groups in total. The van der Waals surface area contributed by atoms with E-state index in [1.165, 1.54) is 37.9 Å². The minimum Gasteiger partial charge on any atom is -0.252 e. The lowest BCUT2D eigenvalue weighted by Crippen LogP contribution is -2.01. The Bertz CT molecular complexity index is 310. The van der Waals surface area contributed by atoms with Gasteiger partial charge in [-0.25, -0.2) is 0 Å². The van der Waals surface area contributed by atoms with Crippen LogP contribution >= 0.6 is 11.8 Å². The summed E-state index contributed by atoms with van der Waals surface area (Å²) in [6.07, 6.45) is 11.8. The predicted octanol–water partition coefficient (Wildman–Crippen LogP) is 3.79. The molecule has 0 saturated heterocycles. The van der Waals surface area contributed by atoms with E-state index in [-0.39, 0.29) is 0 Å². The van der Waals surface area contributed by atoms with Crippen LogP contribution in [-0.4, -0.2) is 27.0 Å². The van der Waals surface area contributed by atoms with Gasteiger partial charge in [-0.3, -0.25) is 4.68 Å². The van der Waals surface area contributed by atoms with E-state index in [2.05, 4.69) is 36.6 Å². The summed E-state index contributed by atoms with van der Waals surface area (Å²) in [6, 6.07) is 0. The number of thioether (sulfide) groups is 1. The van der Waals surface area contributed by atoms with Crippen LogP contribution in [0, 0.1) is 5.92 Å². The van der Waals surface area contributed by atoms with Crippen molar-refractivity contribution in [1.29, 1.82) is 0 Å². The number of rotatable bonds is 10. The zero-order chi connectivity index (χ0) is 13.2. The van der Waals surface area contributed by atoms with Crippen molar-refractivity contribution in [3.05, 3.63) is 11.9 Å². The Hall–Kier alpha value is -0.510. The highest BCUT2D eigenvalue weighted by molar-refractivity contribution is 7.98. The van der Waals surface area contributed by atoms with Gasteiger partial charge in [0, 0.05) is 12.7 Å². The summed E-state index contributed by atoms with van der Waals surface area (Å²) in [5.41, 5.74) is 1.16. The Morgan fingerprint density at radius 2 is 2.00 bits per heavy atom. The van der Waals surface area contributed by atoms with E-state index in [1.54, 1.807) is 0 Å². The van der Waals surface area contributed by atoms with Crippen LogP contribution in [0.3, 0.4) is 0 Å². The van der Waals surface area contributed by atoms with E-state index in [0.717, 1.165) is 24.6 Å². The van der Waals surface area contributed by atoms with Crippen LogP contribution in [-0.2, 0) is 13.0 Å². The standard InChI is InChI=1S/C14H27N3S/c1-13(2)9-10-17-12-14(15-16-17)8-6-4-5-7-11-18-3/h12-13H,4-11H2,1-3H3. The molecule has 1 aromatic rings. The molecule has 0 radical (unpaired) electrons. The van der Waals surface area contributed by atoms with E-state index >= 15 is 0 Å². The van der Waals surface area contributed by atoms with Gasteiger partial charge in [0.15, 0.2) is 0 Å². The van der Waals surface area contributed by atoms with Gasteiger partial charge in [0.25, 0.3) is 0 Å². The van der Waals surface area contributed by atoms with Crippen LogP contribution in [0.15, 0.2) is 6.20 Å². The van der Waals surface area contributed by atoms with Gasteiger partial charge in [-0.05, 0) is 43.6 Å². The molecule has 0 amide bonds. The van der Waals surface area contributed by atoms with Crippen LogP contribution in [0.4, 0.5) is 0 Å². The van der Waals surface area contributed by atoms with Gasteiger partial charge in [0.1, 0.15) is 0 Å². The minimum atomic E-state index is 0.731. The van der Waals surface area contributed by atoms with Crippen molar-refractivity contribution in [2.24, 2.45) is 5.92 Å². The van der Waals surface area contributed by atoms with E-state index in [4.69, 9.17) is 0 Å². The van der Waals surface area contributed by atoms with Crippen molar-refractivity contribution >= 4 is 11.8 Å². The first-order chi connectivity index (χ1) is 8.72. The molecule has 0 unspecified atom stereocenters. The largest absolute Gasteiger partial charge is 0.252 e. The topological polar surface area (TPSA) is 30.7 Å². The molecule has 18 heavy (non-hydrogen) atoms. The quantitative estimate of drug-likeness (QED) is 0.605. The SMILES string of the molecule is CSCCCCCCc1cn(CCC(C)C)nn1. The van der Waals surface area contributed by atoms with E-state index in [9.17, 15) is 0 Å². The molecule has 0 atom stereocenters. The van der Waals surface area contributed by atoms with Crippen molar-refractivity contribution in [2.45, 2.75) is 58.9 Å². The number of aryl methyl sites for hydroxylation is 2. The summed E-state index contributed by atoms with van der Waals surface area (Å²) in [7, 11) is 0. The maximum atomic E-state index is 4.24. The molecular formula is C14H27N3S.